The number of sulfonamides is 1. The highest BCUT2D eigenvalue weighted by Gasteiger charge is 2.45. The maximum Gasteiger partial charge on any atom is 0.243 e. The van der Waals surface area contributed by atoms with Crippen LogP contribution in [0.4, 0.5) is 0 Å². The van der Waals surface area contributed by atoms with Gasteiger partial charge >= 0.3 is 0 Å². The minimum absolute atomic E-state index is 0.00853. The molecule has 0 radical (unpaired) electrons. The van der Waals surface area contributed by atoms with Crippen molar-refractivity contribution in [2.45, 2.75) is 23.5 Å². The van der Waals surface area contributed by atoms with Gasteiger partial charge in [-0.1, -0.05) is 0 Å². The average molecular weight is 305 g/mol. The Balaban J connectivity index is 1.64. The molecule has 2 fully saturated rings. The first kappa shape index (κ1) is 13.0. The van der Waals surface area contributed by atoms with Gasteiger partial charge in [0.2, 0.25) is 10.0 Å². The second-order valence-corrected chi connectivity index (χ2v) is 7.25. The fourth-order valence-corrected chi connectivity index (χ4v) is 4.64. The molecular weight excluding hydrogens is 290 g/mol. The van der Waals surface area contributed by atoms with Crippen molar-refractivity contribution >= 4 is 10.0 Å². The Kier molecular flexibility index (Phi) is 2.88. The molecule has 0 amide bonds. The minimum atomic E-state index is -3.43. The summed E-state index contributed by atoms with van der Waals surface area (Å²) >= 11 is 0. The second-order valence-electron chi connectivity index (χ2n) is 5.36. The van der Waals surface area contributed by atoms with Crippen LogP contribution < -0.4 is 0 Å². The fourth-order valence-electron chi connectivity index (χ4n) is 2.99. The van der Waals surface area contributed by atoms with Gasteiger partial charge in [0, 0.05) is 18.9 Å². The summed E-state index contributed by atoms with van der Waals surface area (Å²) in [6.45, 7) is 0.975. The van der Waals surface area contributed by atoms with Gasteiger partial charge in [-0.15, -0.1) is 0 Å². The van der Waals surface area contributed by atoms with Gasteiger partial charge in [0.25, 0.3) is 0 Å². The van der Waals surface area contributed by atoms with Crippen molar-refractivity contribution in [1.82, 2.24) is 14.1 Å². The van der Waals surface area contributed by atoms with Crippen molar-refractivity contribution in [3.63, 3.8) is 0 Å². The zero-order chi connectivity index (χ0) is 14.4. The molecule has 0 spiro atoms. The van der Waals surface area contributed by atoms with Crippen LogP contribution in [0, 0.1) is 0 Å². The third kappa shape index (κ3) is 2.08. The third-order valence-corrected chi connectivity index (χ3v) is 5.99. The van der Waals surface area contributed by atoms with Crippen LogP contribution in [0.15, 0.2) is 47.6 Å². The van der Waals surface area contributed by atoms with Gasteiger partial charge < -0.3 is 4.74 Å². The lowest BCUT2D eigenvalue weighted by Crippen LogP contribution is -2.41. The summed E-state index contributed by atoms with van der Waals surface area (Å²) in [7, 11) is -3.43. The van der Waals surface area contributed by atoms with Crippen molar-refractivity contribution in [3.05, 3.63) is 42.7 Å². The van der Waals surface area contributed by atoms with Gasteiger partial charge in [0.05, 0.1) is 29.3 Å². The number of nitrogens with zero attached hydrogens (tertiary/aromatic N) is 3. The maximum atomic E-state index is 12.7. The first-order chi connectivity index (χ1) is 10.1. The van der Waals surface area contributed by atoms with E-state index in [1.54, 1.807) is 39.4 Å². The SMILES string of the molecule is O=S(=O)(c1ccc(-n2cccn2)cc1)N1C[C@H]2C[C@H]1CO2. The average Bonchev–Trinajstić information content (AvgIpc) is 3.24. The van der Waals surface area contributed by atoms with Gasteiger partial charge in [-0.05, 0) is 36.8 Å². The van der Waals surface area contributed by atoms with Crippen LogP contribution in [-0.4, -0.2) is 47.8 Å². The Bertz CT molecular complexity index is 740. The molecule has 2 aromatic rings. The molecule has 0 unspecified atom stereocenters. The highest BCUT2D eigenvalue weighted by molar-refractivity contribution is 7.89. The van der Waals surface area contributed by atoms with E-state index in [2.05, 4.69) is 5.10 Å². The smallest absolute Gasteiger partial charge is 0.243 e. The Morgan fingerprint density at radius 1 is 1.24 bits per heavy atom. The van der Waals surface area contributed by atoms with Gasteiger partial charge in [-0.25, -0.2) is 13.1 Å². The van der Waals surface area contributed by atoms with Crippen LogP contribution in [0.1, 0.15) is 6.42 Å². The first-order valence-electron chi connectivity index (χ1n) is 6.88. The summed E-state index contributed by atoms with van der Waals surface area (Å²) in [6.07, 6.45) is 4.38. The zero-order valence-corrected chi connectivity index (χ0v) is 12.1. The molecule has 4 rings (SSSR count). The van der Waals surface area contributed by atoms with Gasteiger partial charge in [-0.3, -0.25) is 0 Å². The van der Waals surface area contributed by atoms with E-state index in [1.165, 1.54) is 0 Å². The van der Waals surface area contributed by atoms with Crippen molar-refractivity contribution < 1.29 is 13.2 Å². The van der Waals surface area contributed by atoms with E-state index in [0.717, 1.165) is 12.1 Å². The molecule has 0 saturated carbocycles. The first-order valence-corrected chi connectivity index (χ1v) is 8.32. The number of morpholine rings is 1. The number of hydrogen-bond donors (Lipinski definition) is 0. The molecule has 2 atom stereocenters. The van der Waals surface area contributed by atoms with E-state index in [0.29, 0.717) is 18.0 Å². The lowest BCUT2D eigenvalue weighted by molar-refractivity contribution is 0.0608. The lowest BCUT2D eigenvalue weighted by atomic mass is 10.3. The normalized spacial score (nSPS) is 25.5. The maximum absolute atomic E-state index is 12.7. The Hall–Kier alpha value is -1.70. The summed E-state index contributed by atoms with van der Waals surface area (Å²) < 4.78 is 34.1. The third-order valence-electron chi connectivity index (χ3n) is 4.06. The van der Waals surface area contributed by atoms with Crippen molar-refractivity contribution in [3.8, 4) is 5.69 Å². The Morgan fingerprint density at radius 2 is 2.05 bits per heavy atom. The van der Waals surface area contributed by atoms with E-state index >= 15 is 0 Å². The number of aromatic nitrogens is 2. The number of rotatable bonds is 3. The molecule has 1 aromatic carbocycles. The molecule has 2 aliphatic rings. The molecule has 0 N–H and O–H groups in total. The summed E-state index contributed by atoms with van der Waals surface area (Å²) in [5, 5.41) is 4.13. The topological polar surface area (TPSA) is 64.4 Å². The number of hydrogen-bond acceptors (Lipinski definition) is 4. The van der Waals surface area contributed by atoms with E-state index < -0.39 is 10.0 Å². The Labute approximate surface area is 123 Å². The van der Waals surface area contributed by atoms with Crippen LogP contribution in [0.25, 0.3) is 5.69 Å². The second kappa shape index (κ2) is 4.66. The predicted octanol–water partition coefficient (Wildman–Crippen LogP) is 1.03. The highest BCUT2D eigenvalue weighted by atomic mass is 32.2. The molecule has 2 bridgehead atoms. The quantitative estimate of drug-likeness (QED) is 0.850. The van der Waals surface area contributed by atoms with E-state index in [1.807, 2.05) is 12.3 Å². The summed E-state index contributed by atoms with van der Waals surface area (Å²) in [6, 6.07) is 8.63. The molecule has 6 nitrogen and oxygen atoms in total. The number of fused-ring (bicyclic) bond motifs is 2. The number of benzene rings is 1. The van der Waals surface area contributed by atoms with Crippen molar-refractivity contribution in [1.29, 1.82) is 0 Å². The summed E-state index contributed by atoms with van der Waals surface area (Å²) in [5.74, 6) is 0. The molecule has 3 heterocycles. The van der Waals surface area contributed by atoms with Crippen LogP contribution in [0.2, 0.25) is 0 Å². The number of ether oxygens (including phenoxy) is 1. The highest BCUT2D eigenvalue weighted by Crippen LogP contribution is 2.32. The van der Waals surface area contributed by atoms with Crippen molar-refractivity contribution in [2.24, 2.45) is 0 Å². The molecule has 2 saturated heterocycles. The van der Waals surface area contributed by atoms with E-state index in [-0.39, 0.29) is 12.1 Å². The van der Waals surface area contributed by atoms with E-state index in [4.69, 9.17) is 4.74 Å². The van der Waals surface area contributed by atoms with Gasteiger partial charge in [-0.2, -0.15) is 9.40 Å². The molecular formula is C14H15N3O3S. The lowest BCUT2D eigenvalue weighted by Gasteiger charge is -2.26. The summed E-state index contributed by atoms with van der Waals surface area (Å²) in [5.41, 5.74) is 0.838. The summed E-state index contributed by atoms with van der Waals surface area (Å²) in [4.78, 5) is 0.325. The van der Waals surface area contributed by atoms with Crippen molar-refractivity contribution in [2.75, 3.05) is 13.2 Å². The van der Waals surface area contributed by atoms with Gasteiger partial charge in [0.1, 0.15) is 0 Å². The standard InChI is InChI=1S/C14H15N3O3S/c18-21(19,17-9-13-8-12(17)10-20-13)14-4-2-11(3-5-14)16-7-1-6-15-16/h1-7,12-13H,8-10H2/t12-,13+/m0/s1. The minimum Gasteiger partial charge on any atom is -0.375 e. The molecule has 0 aliphatic carbocycles. The molecule has 2 aliphatic heterocycles. The monoisotopic (exact) mass is 305 g/mol. The van der Waals surface area contributed by atoms with Crippen LogP contribution >= 0.6 is 0 Å². The van der Waals surface area contributed by atoms with Gasteiger partial charge in [0.15, 0.2) is 0 Å². The van der Waals surface area contributed by atoms with Crippen LogP contribution in [-0.2, 0) is 14.8 Å². The van der Waals surface area contributed by atoms with E-state index in [9.17, 15) is 8.42 Å². The van der Waals surface area contributed by atoms with Crippen LogP contribution in [0.3, 0.4) is 0 Å². The molecule has 21 heavy (non-hydrogen) atoms. The predicted molar refractivity (Wildman–Crippen MR) is 75.6 cm³/mol. The zero-order valence-electron chi connectivity index (χ0n) is 11.3. The Morgan fingerprint density at radius 3 is 2.62 bits per heavy atom. The largest absolute Gasteiger partial charge is 0.375 e. The van der Waals surface area contributed by atoms with Crippen LogP contribution in [0.5, 0.6) is 0 Å². The molecule has 1 aromatic heterocycles. The molecule has 110 valence electrons. The molecule has 7 heteroatoms. The fraction of sp³-hybridized carbons (Fsp3) is 0.357.